The first-order chi connectivity index (χ1) is 14.2. The molecular weight excluding hydrogens is 394 g/mol. The zero-order chi connectivity index (χ0) is 21.8. The van der Waals surface area contributed by atoms with Crippen LogP contribution in [0.4, 0.5) is 11.4 Å². The van der Waals surface area contributed by atoms with Crippen LogP contribution in [0.2, 0.25) is 18.1 Å². The number of hydrogen-bond donors (Lipinski definition) is 1. The molecule has 1 N–H and O–H groups in total. The van der Waals surface area contributed by atoms with Crippen molar-refractivity contribution in [3.05, 3.63) is 36.2 Å². The topological polar surface area (TPSA) is 57.5 Å². The van der Waals surface area contributed by atoms with Crippen molar-refractivity contribution in [3.8, 4) is 5.75 Å². The van der Waals surface area contributed by atoms with Crippen molar-refractivity contribution in [3.63, 3.8) is 0 Å². The number of anilines is 2. The summed E-state index contributed by atoms with van der Waals surface area (Å²) in [6, 6.07) is 8.21. The Balaban J connectivity index is 1.58. The molecule has 1 aromatic heterocycles. The number of nitrogens with zero attached hydrogens (tertiary/aromatic N) is 2. The van der Waals surface area contributed by atoms with Crippen LogP contribution in [0.3, 0.4) is 0 Å². The molecule has 6 nitrogen and oxygen atoms in total. The van der Waals surface area contributed by atoms with E-state index in [-0.39, 0.29) is 11.3 Å². The van der Waals surface area contributed by atoms with Gasteiger partial charge in [0, 0.05) is 25.8 Å². The minimum atomic E-state index is -1.83. The minimum absolute atomic E-state index is 0.0585. The van der Waals surface area contributed by atoms with Crippen molar-refractivity contribution in [2.75, 3.05) is 18.5 Å². The van der Waals surface area contributed by atoms with Gasteiger partial charge in [-0.1, -0.05) is 20.8 Å². The second-order valence-electron chi connectivity index (χ2n) is 9.56. The van der Waals surface area contributed by atoms with Gasteiger partial charge in [0.2, 0.25) is 8.32 Å². The van der Waals surface area contributed by atoms with Crippen molar-refractivity contribution in [1.82, 2.24) is 9.78 Å². The maximum Gasteiger partial charge on any atom is 0.250 e. The molecule has 166 valence electrons. The van der Waals surface area contributed by atoms with Gasteiger partial charge in [-0.25, -0.2) is 0 Å². The van der Waals surface area contributed by atoms with Crippen molar-refractivity contribution < 1.29 is 13.9 Å². The molecule has 2 heterocycles. The number of ether oxygens (including phenoxy) is 2. The Morgan fingerprint density at radius 1 is 1.20 bits per heavy atom. The summed E-state index contributed by atoms with van der Waals surface area (Å²) >= 11 is 0. The van der Waals surface area contributed by atoms with Crippen LogP contribution < -0.4 is 9.74 Å². The number of rotatable bonds is 8. The third kappa shape index (κ3) is 5.86. The Bertz CT molecular complexity index is 806. The van der Waals surface area contributed by atoms with Gasteiger partial charge in [0.05, 0.1) is 24.2 Å². The first kappa shape index (κ1) is 22.8. The molecule has 2 aromatic rings. The summed E-state index contributed by atoms with van der Waals surface area (Å²) in [5, 5.41) is 8.09. The lowest BCUT2D eigenvalue weighted by molar-refractivity contribution is -0.161. The van der Waals surface area contributed by atoms with Crippen molar-refractivity contribution in [2.24, 2.45) is 7.05 Å². The van der Waals surface area contributed by atoms with Crippen LogP contribution >= 0.6 is 0 Å². The normalized spacial score (nSPS) is 17.7. The molecule has 0 spiro atoms. The van der Waals surface area contributed by atoms with Crippen LogP contribution in [0.25, 0.3) is 0 Å². The lowest BCUT2D eigenvalue weighted by Crippen LogP contribution is -2.43. The van der Waals surface area contributed by atoms with Gasteiger partial charge in [0.25, 0.3) is 0 Å². The molecule has 1 aliphatic rings. The Morgan fingerprint density at radius 2 is 1.93 bits per heavy atom. The van der Waals surface area contributed by atoms with Crippen molar-refractivity contribution in [1.29, 1.82) is 0 Å². The molecule has 1 unspecified atom stereocenters. The fourth-order valence-electron chi connectivity index (χ4n) is 3.20. The summed E-state index contributed by atoms with van der Waals surface area (Å²) in [6.07, 6.45) is 5.89. The van der Waals surface area contributed by atoms with E-state index in [4.69, 9.17) is 13.9 Å². The van der Waals surface area contributed by atoms with Gasteiger partial charge < -0.3 is 19.2 Å². The highest BCUT2D eigenvalue weighted by Crippen LogP contribution is 2.37. The number of hydrogen-bond acceptors (Lipinski definition) is 5. The third-order valence-electron chi connectivity index (χ3n) is 6.15. The molecule has 30 heavy (non-hydrogen) atoms. The molecule has 0 aliphatic carbocycles. The van der Waals surface area contributed by atoms with Crippen molar-refractivity contribution >= 4 is 19.7 Å². The highest BCUT2D eigenvalue weighted by Gasteiger charge is 2.38. The van der Waals surface area contributed by atoms with E-state index in [1.165, 1.54) is 6.42 Å². The fraction of sp³-hybridized carbons (Fsp3) is 0.609. The van der Waals surface area contributed by atoms with Gasteiger partial charge in [-0.15, -0.1) is 0 Å². The van der Waals surface area contributed by atoms with Gasteiger partial charge in [0.15, 0.2) is 6.29 Å². The van der Waals surface area contributed by atoms with Crippen LogP contribution in [-0.4, -0.2) is 37.6 Å². The molecule has 1 atom stereocenters. The van der Waals surface area contributed by atoms with E-state index in [9.17, 15) is 0 Å². The second-order valence-corrected chi connectivity index (χ2v) is 14.3. The summed E-state index contributed by atoms with van der Waals surface area (Å²) in [7, 11) is 0.136. The Hall–Kier alpha value is -1.83. The van der Waals surface area contributed by atoms with Gasteiger partial charge in [-0.2, -0.15) is 5.10 Å². The predicted molar refractivity (Wildman–Crippen MR) is 124 cm³/mol. The molecule has 0 radical (unpaired) electrons. The standard InChI is InChI=1S/C23H37N3O3Si/c1-23(2,3)30(5,6)29-19-12-10-18(11-13-19)25-20-17-24-26(4)21(20)14-16-28-22-9-7-8-15-27-22/h10-13,17,22,25H,7-9,14-16H2,1-6H3. The molecule has 0 saturated carbocycles. The monoisotopic (exact) mass is 431 g/mol. The van der Waals surface area contributed by atoms with E-state index in [1.54, 1.807) is 0 Å². The maximum atomic E-state index is 6.38. The zero-order valence-electron chi connectivity index (χ0n) is 19.3. The highest BCUT2D eigenvalue weighted by molar-refractivity contribution is 6.74. The van der Waals surface area contributed by atoms with Crippen LogP contribution in [0.5, 0.6) is 5.75 Å². The van der Waals surface area contributed by atoms with E-state index in [0.29, 0.717) is 6.61 Å². The average Bonchev–Trinajstić information content (AvgIpc) is 3.03. The number of benzene rings is 1. The van der Waals surface area contributed by atoms with Crippen LogP contribution in [0, 0.1) is 0 Å². The molecular formula is C23H37N3O3Si. The zero-order valence-corrected chi connectivity index (χ0v) is 20.3. The summed E-state index contributed by atoms with van der Waals surface area (Å²) in [6.45, 7) is 12.7. The molecule has 1 aliphatic heterocycles. The predicted octanol–water partition coefficient (Wildman–Crippen LogP) is 5.63. The molecule has 0 amide bonds. The largest absolute Gasteiger partial charge is 0.544 e. The maximum absolute atomic E-state index is 6.38. The number of aryl methyl sites for hydroxylation is 1. The quantitative estimate of drug-likeness (QED) is 0.549. The number of nitrogens with one attached hydrogen (secondary N) is 1. The van der Waals surface area contributed by atoms with E-state index in [2.05, 4.69) is 56.4 Å². The highest BCUT2D eigenvalue weighted by atomic mass is 28.4. The van der Waals surface area contributed by atoms with E-state index < -0.39 is 8.32 Å². The van der Waals surface area contributed by atoms with Gasteiger partial charge in [-0.05, 0) is 61.7 Å². The lowest BCUT2D eigenvalue weighted by atomic mass is 10.2. The molecule has 0 bridgehead atoms. The van der Waals surface area contributed by atoms with Gasteiger partial charge in [0.1, 0.15) is 5.75 Å². The van der Waals surface area contributed by atoms with Crippen LogP contribution in [-0.2, 0) is 22.9 Å². The first-order valence-electron chi connectivity index (χ1n) is 11.0. The molecule has 1 fully saturated rings. The second kappa shape index (κ2) is 9.54. The molecule has 1 saturated heterocycles. The first-order valence-corrected chi connectivity index (χ1v) is 13.9. The van der Waals surface area contributed by atoms with E-state index in [1.807, 2.05) is 30.1 Å². The minimum Gasteiger partial charge on any atom is -0.544 e. The molecule has 7 heteroatoms. The summed E-state index contributed by atoms with van der Waals surface area (Å²) in [4.78, 5) is 0. The Labute approximate surface area is 182 Å². The van der Waals surface area contributed by atoms with Gasteiger partial charge >= 0.3 is 0 Å². The van der Waals surface area contributed by atoms with Crippen molar-refractivity contribution in [2.45, 2.75) is 70.9 Å². The number of aromatic nitrogens is 2. The SMILES string of the molecule is Cn1ncc(Nc2ccc(O[Si](C)(C)C(C)(C)C)cc2)c1CCOC1CCCCO1. The molecule has 3 rings (SSSR count). The van der Waals surface area contributed by atoms with E-state index in [0.717, 1.165) is 48.7 Å². The summed E-state index contributed by atoms with van der Waals surface area (Å²) in [5.74, 6) is 0.930. The smallest absolute Gasteiger partial charge is 0.250 e. The Morgan fingerprint density at radius 3 is 2.57 bits per heavy atom. The van der Waals surface area contributed by atoms with Gasteiger partial charge in [-0.3, -0.25) is 4.68 Å². The summed E-state index contributed by atoms with van der Waals surface area (Å²) < 4.78 is 19.8. The van der Waals surface area contributed by atoms with Crippen LogP contribution in [0.1, 0.15) is 45.7 Å². The average molecular weight is 432 g/mol. The third-order valence-corrected chi connectivity index (χ3v) is 10.5. The molecule has 1 aromatic carbocycles. The fourth-order valence-corrected chi connectivity index (χ4v) is 4.23. The Kier molecular flexibility index (Phi) is 7.26. The van der Waals surface area contributed by atoms with E-state index >= 15 is 0 Å². The lowest BCUT2D eigenvalue weighted by Gasteiger charge is -2.36. The van der Waals surface area contributed by atoms with Crippen LogP contribution in [0.15, 0.2) is 30.5 Å². The summed E-state index contributed by atoms with van der Waals surface area (Å²) in [5.41, 5.74) is 3.14.